The smallest absolute Gasteiger partial charge is 0.241 e. The zero-order valence-corrected chi connectivity index (χ0v) is 25.3. The number of methoxy groups -OCH3 is 1. The number of fused-ring (bicyclic) bond motifs is 4. The fraction of sp³-hybridized carbons (Fsp3) is 0.314. The van der Waals surface area contributed by atoms with E-state index in [2.05, 4.69) is 0 Å². The molecule has 3 fully saturated rings. The molecule has 0 unspecified atom stereocenters. The van der Waals surface area contributed by atoms with Crippen LogP contribution < -0.4 is 9.64 Å². The van der Waals surface area contributed by atoms with Gasteiger partial charge in [0.25, 0.3) is 0 Å². The maximum atomic E-state index is 14.5. The number of allylic oxidation sites excluding steroid dienone is 2. The second-order valence-corrected chi connectivity index (χ2v) is 12.8. The minimum Gasteiger partial charge on any atom is -0.508 e. The maximum Gasteiger partial charge on any atom is 0.241 e. The Bertz CT molecular complexity index is 1810. The van der Waals surface area contributed by atoms with Crippen molar-refractivity contribution >= 4 is 40.9 Å². The third-order valence-electron chi connectivity index (χ3n) is 10.2. The number of anilines is 1. The number of imide groups is 2. The molecule has 0 spiro atoms. The standard InChI is InChI=1S/C35H30ClFN2O6/c1-35-25(32(42)39(34(35)44)19-8-13-27(37)26(36)14-19)16-24-21(30(35)22-10-9-20(40)15-28(22)45-2)11-12-23-29(24)33(43)38(31(23)41)17-18-6-4-3-5-7-18/h3-11,13-15,23-25,29-30,40H,12,16-17H2,1-2H3/t23-,24+,25-,29-,30+,35+/m0/s1. The molecule has 0 bridgehead atoms. The number of aromatic hydroxyl groups is 1. The van der Waals surface area contributed by atoms with Crippen LogP contribution in [0.4, 0.5) is 10.1 Å². The van der Waals surface area contributed by atoms with Crippen molar-refractivity contribution in [3.8, 4) is 11.5 Å². The van der Waals surface area contributed by atoms with Crippen molar-refractivity contribution in [3.05, 3.63) is 100 Å². The Kier molecular flexibility index (Phi) is 6.85. The summed E-state index contributed by atoms with van der Waals surface area (Å²) in [4.78, 5) is 58.9. The molecule has 1 N–H and O–H groups in total. The van der Waals surface area contributed by atoms with Gasteiger partial charge in [-0.3, -0.25) is 24.1 Å². The highest BCUT2D eigenvalue weighted by atomic mass is 35.5. The second kappa shape index (κ2) is 10.5. The Morgan fingerprint density at radius 1 is 0.978 bits per heavy atom. The fourth-order valence-electron chi connectivity index (χ4n) is 8.15. The van der Waals surface area contributed by atoms with Crippen molar-refractivity contribution in [2.75, 3.05) is 12.0 Å². The normalized spacial score (nSPS) is 29.0. The van der Waals surface area contributed by atoms with Gasteiger partial charge in [-0.05, 0) is 55.5 Å². The Hall–Kier alpha value is -4.50. The molecule has 0 radical (unpaired) electrons. The first-order valence-corrected chi connectivity index (χ1v) is 15.2. The van der Waals surface area contributed by atoms with Gasteiger partial charge in [0, 0.05) is 17.5 Å². The molecule has 2 aliphatic carbocycles. The summed E-state index contributed by atoms with van der Waals surface area (Å²) in [6.07, 6.45) is 2.44. The van der Waals surface area contributed by atoms with E-state index in [1.165, 1.54) is 36.3 Å². The molecule has 4 aliphatic rings. The maximum absolute atomic E-state index is 14.5. The van der Waals surface area contributed by atoms with E-state index >= 15 is 0 Å². The first-order chi connectivity index (χ1) is 21.6. The van der Waals surface area contributed by atoms with Gasteiger partial charge >= 0.3 is 0 Å². The Labute approximate surface area is 264 Å². The van der Waals surface area contributed by atoms with E-state index in [0.717, 1.165) is 22.1 Å². The molecule has 0 aromatic heterocycles. The van der Waals surface area contributed by atoms with Gasteiger partial charge in [-0.1, -0.05) is 59.6 Å². The van der Waals surface area contributed by atoms with Crippen LogP contribution in [0.15, 0.2) is 78.4 Å². The first kappa shape index (κ1) is 29.2. The van der Waals surface area contributed by atoms with Crippen LogP contribution >= 0.6 is 11.6 Å². The summed E-state index contributed by atoms with van der Waals surface area (Å²) in [7, 11) is 1.46. The number of carbonyl (C=O) groups is 4. The average Bonchev–Trinajstić information content (AvgIpc) is 3.38. The number of nitrogens with zero attached hydrogens (tertiary/aromatic N) is 2. The predicted molar refractivity (Wildman–Crippen MR) is 163 cm³/mol. The molecule has 7 rings (SSSR count). The molecule has 6 atom stereocenters. The van der Waals surface area contributed by atoms with Crippen LogP contribution in [0, 0.1) is 34.9 Å². The van der Waals surface area contributed by atoms with Gasteiger partial charge in [-0.25, -0.2) is 9.29 Å². The largest absolute Gasteiger partial charge is 0.508 e. The van der Waals surface area contributed by atoms with Crippen LogP contribution in [-0.4, -0.2) is 40.7 Å². The molecular formula is C35H30ClFN2O6. The number of benzene rings is 3. The van der Waals surface area contributed by atoms with Crippen molar-refractivity contribution in [1.82, 2.24) is 4.90 Å². The third kappa shape index (κ3) is 4.24. The summed E-state index contributed by atoms with van der Waals surface area (Å²) >= 11 is 6.07. The van der Waals surface area contributed by atoms with E-state index in [1.54, 1.807) is 13.0 Å². The number of halogens is 2. The van der Waals surface area contributed by atoms with E-state index in [1.807, 2.05) is 36.4 Å². The molecule has 2 saturated heterocycles. The van der Waals surface area contributed by atoms with Crippen molar-refractivity contribution in [1.29, 1.82) is 0 Å². The lowest BCUT2D eigenvalue weighted by molar-refractivity contribution is -0.141. The number of phenolic OH excluding ortho intramolecular Hbond substituents is 1. The van der Waals surface area contributed by atoms with Gasteiger partial charge in [-0.2, -0.15) is 0 Å². The number of likely N-dealkylation sites (tertiary alicyclic amines) is 1. The lowest BCUT2D eigenvalue weighted by Crippen LogP contribution is -2.49. The van der Waals surface area contributed by atoms with Gasteiger partial charge < -0.3 is 9.84 Å². The molecule has 1 saturated carbocycles. The van der Waals surface area contributed by atoms with Crippen molar-refractivity contribution in [3.63, 3.8) is 0 Å². The third-order valence-corrected chi connectivity index (χ3v) is 10.5. The van der Waals surface area contributed by atoms with Gasteiger partial charge in [0.1, 0.15) is 17.3 Å². The molecule has 45 heavy (non-hydrogen) atoms. The number of amides is 4. The number of carbonyl (C=O) groups excluding carboxylic acids is 4. The summed E-state index contributed by atoms with van der Waals surface area (Å²) in [5.74, 6) is -5.26. The SMILES string of the molecule is COc1cc(O)ccc1[C@H]1C2=CC[C@@H]3C(=O)N(Cc4ccccc4)C(=O)[C@@H]3[C@@H]2C[C@H]2C(=O)N(c3ccc(F)c(Cl)c3)C(=O)[C@@]12C. The van der Waals surface area contributed by atoms with Crippen LogP contribution in [0.1, 0.15) is 36.8 Å². The van der Waals surface area contributed by atoms with Gasteiger partial charge in [0.05, 0.1) is 47.5 Å². The highest BCUT2D eigenvalue weighted by molar-refractivity contribution is 6.31. The molecule has 3 aromatic rings. The lowest BCUT2D eigenvalue weighted by atomic mass is 9.51. The lowest BCUT2D eigenvalue weighted by Gasteiger charge is -2.49. The van der Waals surface area contributed by atoms with Gasteiger partial charge in [-0.15, -0.1) is 0 Å². The van der Waals surface area contributed by atoms with Crippen LogP contribution in [0.25, 0.3) is 0 Å². The minimum absolute atomic E-state index is 0.0353. The quantitative estimate of drug-likeness (QED) is 0.290. The van der Waals surface area contributed by atoms with Crippen LogP contribution in [-0.2, 0) is 25.7 Å². The van der Waals surface area contributed by atoms with Crippen molar-refractivity contribution in [2.24, 2.45) is 29.1 Å². The first-order valence-electron chi connectivity index (χ1n) is 14.9. The van der Waals surface area contributed by atoms with Crippen molar-refractivity contribution < 1.29 is 33.4 Å². The molecule has 10 heteroatoms. The van der Waals surface area contributed by atoms with Crippen LogP contribution in [0.3, 0.4) is 0 Å². The van der Waals surface area contributed by atoms with Crippen LogP contribution in [0.5, 0.6) is 11.5 Å². The second-order valence-electron chi connectivity index (χ2n) is 12.4. The molecule has 2 aliphatic heterocycles. The Morgan fingerprint density at radius 2 is 1.73 bits per heavy atom. The topological polar surface area (TPSA) is 104 Å². The zero-order chi connectivity index (χ0) is 31.8. The van der Waals surface area contributed by atoms with E-state index < -0.39 is 52.6 Å². The predicted octanol–water partition coefficient (Wildman–Crippen LogP) is 5.62. The van der Waals surface area contributed by atoms with E-state index in [0.29, 0.717) is 17.7 Å². The number of rotatable bonds is 5. The number of hydrogen-bond acceptors (Lipinski definition) is 6. The molecule has 8 nitrogen and oxygen atoms in total. The molecule has 230 valence electrons. The zero-order valence-electron chi connectivity index (χ0n) is 24.6. The number of ether oxygens (including phenoxy) is 1. The summed E-state index contributed by atoms with van der Waals surface area (Å²) in [5, 5.41) is 10.0. The minimum atomic E-state index is -1.33. The van der Waals surface area contributed by atoms with Crippen LogP contribution in [0.2, 0.25) is 5.02 Å². The highest BCUT2D eigenvalue weighted by Gasteiger charge is 2.68. The number of hydrogen-bond donors (Lipinski definition) is 1. The Balaban J connectivity index is 1.36. The Morgan fingerprint density at radius 3 is 2.44 bits per heavy atom. The van der Waals surface area contributed by atoms with E-state index in [9.17, 15) is 28.7 Å². The average molecular weight is 629 g/mol. The van der Waals surface area contributed by atoms with Crippen molar-refractivity contribution in [2.45, 2.75) is 32.2 Å². The highest BCUT2D eigenvalue weighted by Crippen LogP contribution is 2.64. The van der Waals surface area contributed by atoms with Gasteiger partial charge in [0.2, 0.25) is 23.6 Å². The summed E-state index contributed by atoms with van der Waals surface area (Å²) in [6, 6.07) is 17.6. The van der Waals surface area contributed by atoms with Gasteiger partial charge in [0.15, 0.2) is 0 Å². The summed E-state index contributed by atoms with van der Waals surface area (Å²) in [5.41, 5.74) is 1.03. The number of phenols is 1. The summed E-state index contributed by atoms with van der Waals surface area (Å²) in [6.45, 7) is 1.90. The fourth-order valence-corrected chi connectivity index (χ4v) is 8.33. The molecular weight excluding hydrogens is 599 g/mol. The monoisotopic (exact) mass is 628 g/mol. The molecule has 4 amide bonds. The van der Waals surface area contributed by atoms with E-state index in [-0.39, 0.29) is 41.2 Å². The summed E-state index contributed by atoms with van der Waals surface area (Å²) < 4.78 is 19.8. The molecule has 3 aromatic carbocycles. The molecule has 2 heterocycles. The van der Waals surface area contributed by atoms with E-state index in [4.69, 9.17) is 16.3 Å².